The van der Waals surface area contributed by atoms with Crippen LogP contribution < -0.4 is 5.73 Å². The molecule has 0 aliphatic carbocycles. The van der Waals surface area contributed by atoms with Crippen molar-refractivity contribution in [2.75, 3.05) is 26.8 Å². The van der Waals surface area contributed by atoms with E-state index in [1.165, 1.54) is 0 Å². The Morgan fingerprint density at radius 2 is 2.27 bits per heavy atom. The summed E-state index contributed by atoms with van der Waals surface area (Å²) in [5.74, 6) is 0.668. The molecular formula is C11H22N2O2. The second-order valence-corrected chi connectivity index (χ2v) is 5.12. The number of amides is 1. The van der Waals surface area contributed by atoms with Crippen LogP contribution in [0.15, 0.2) is 0 Å². The molecule has 0 aromatic carbocycles. The number of ether oxygens (including phenoxy) is 1. The van der Waals surface area contributed by atoms with Crippen molar-refractivity contribution in [3.8, 4) is 0 Å². The summed E-state index contributed by atoms with van der Waals surface area (Å²) in [6.45, 7) is 6.18. The van der Waals surface area contributed by atoms with Gasteiger partial charge >= 0.3 is 0 Å². The van der Waals surface area contributed by atoms with Crippen molar-refractivity contribution < 1.29 is 9.53 Å². The smallest absolute Gasteiger partial charge is 0.224 e. The van der Waals surface area contributed by atoms with Crippen molar-refractivity contribution in [1.82, 2.24) is 4.90 Å². The fourth-order valence-corrected chi connectivity index (χ4v) is 1.93. The zero-order valence-corrected chi connectivity index (χ0v) is 9.95. The molecule has 1 fully saturated rings. The van der Waals surface area contributed by atoms with Crippen molar-refractivity contribution >= 4 is 5.91 Å². The number of nitrogens with zero attached hydrogens (tertiary/aromatic N) is 1. The summed E-state index contributed by atoms with van der Waals surface area (Å²) in [5, 5.41) is 0. The summed E-state index contributed by atoms with van der Waals surface area (Å²) >= 11 is 0. The maximum atomic E-state index is 11.8. The molecule has 4 heteroatoms. The van der Waals surface area contributed by atoms with E-state index in [4.69, 9.17) is 10.5 Å². The van der Waals surface area contributed by atoms with Crippen molar-refractivity contribution in [2.45, 2.75) is 32.2 Å². The molecule has 1 heterocycles. The van der Waals surface area contributed by atoms with Gasteiger partial charge in [0.1, 0.15) is 0 Å². The Bertz CT molecular complexity index is 223. The third kappa shape index (κ3) is 4.18. The number of carbonyl (C=O) groups is 1. The molecule has 0 spiro atoms. The van der Waals surface area contributed by atoms with Crippen LogP contribution in [0.25, 0.3) is 0 Å². The molecule has 1 aliphatic heterocycles. The summed E-state index contributed by atoms with van der Waals surface area (Å²) < 4.78 is 5.09. The van der Waals surface area contributed by atoms with E-state index < -0.39 is 5.54 Å². The van der Waals surface area contributed by atoms with Gasteiger partial charge in [0.2, 0.25) is 5.91 Å². The predicted molar refractivity (Wildman–Crippen MR) is 59.4 cm³/mol. The molecule has 1 amide bonds. The fourth-order valence-electron chi connectivity index (χ4n) is 1.93. The molecule has 1 saturated heterocycles. The summed E-state index contributed by atoms with van der Waals surface area (Å²) in [4.78, 5) is 13.7. The second-order valence-electron chi connectivity index (χ2n) is 5.12. The van der Waals surface area contributed by atoms with Gasteiger partial charge in [0.25, 0.3) is 0 Å². The molecular weight excluding hydrogens is 192 g/mol. The van der Waals surface area contributed by atoms with Crippen LogP contribution >= 0.6 is 0 Å². The molecule has 1 atom stereocenters. The number of hydrogen-bond donors (Lipinski definition) is 1. The Morgan fingerprint density at radius 3 is 2.80 bits per heavy atom. The highest BCUT2D eigenvalue weighted by molar-refractivity contribution is 5.77. The van der Waals surface area contributed by atoms with E-state index in [1.807, 2.05) is 18.7 Å². The number of rotatable bonds is 4. The van der Waals surface area contributed by atoms with Gasteiger partial charge in [-0.1, -0.05) is 0 Å². The summed E-state index contributed by atoms with van der Waals surface area (Å²) in [6, 6.07) is 0. The number of likely N-dealkylation sites (tertiary alicyclic amines) is 1. The third-order valence-corrected chi connectivity index (χ3v) is 2.65. The molecule has 1 rings (SSSR count). The minimum Gasteiger partial charge on any atom is -0.384 e. The first kappa shape index (κ1) is 12.5. The van der Waals surface area contributed by atoms with Crippen LogP contribution in [0.4, 0.5) is 0 Å². The zero-order valence-electron chi connectivity index (χ0n) is 9.95. The maximum absolute atomic E-state index is 11.8. The van der Waals surface area contributed by atoms with Gasteiger partial charge in [-0.05, 0) is 20.3 Å². The van der Waals surface area contributed by atoms with E-state index in [0.29, 0.717) is 12.3 Å². The molecule has 1 aliphatic rings. The van der Waals surface area contributed by atoms with Gasteiger partial charge in [-0.15, -0.1) is 0 Å². The van der Waals surface area contributed by atoms with Crippen LogP contribution in [0.2, 0.25) is 0 Å². The molecule has 0 radical (unpaired) electrons. The number of nitrogens with two attached hydrogens (primary N) is 1. The highest BCUT2D eigenvalue weighted by Gasteiger charge is 2.28. The predicted octanol–water partition coefficient (Wildman–Crippen LogP) is 0.609. The summed E-state index contributed by atoms with van der Waals surface area (Å²) in [7, 11) is 1.70. The van der Waals surface area contributed by atoms with E-state index in [9.17, 15) is 4.79 Å². The number of methoxy groups -OCH3 is 1. The highest BCUT2D eigenvalue weighted by atomic mass is 16.5. The molecule has 0 aromatic heterocycles. The molecule has 0 saturated carbocycles. The second kappa shape index (κ2) is 4.94. The molecule has 2 N–H and O–H groups in total. The highest BCUT2D eigenvalue weighted by Crippen LogP contribution is 2.18. The first-order chi connectivity index (χ1) is 6.92. The lowest BCUT2D eigenvalue weighted by atomic mass is 10.0. The maximum Gasteiger partial charge on any atom is 0.224 e. The van der Waals surface area contributed by atoms with E-state index in [2.05, 4.69) is 0 Å². The minimum absolute atomic E-state index is 0.168. The average molecular weight is 214 g/mol. The topological polar surface area (TPSA) is 55.6 Å². The molecule has 0 bridgehead atoms. The Hall–Kier alpha value is -0.610. The Kier molecular flexibility index (Phi) is 4.11. The van der Waals surface area contributed by atoms with Crippen molar-refractivity contribution in [2.24, 2.45) is 11.7 Å². The van der Waals surface area contributed by atoms with Gasteiger partial charge in [0.05, 0.1) is 6.61 Å². The van der Waals surface area contributed by atoms with Crippen molar-refractivity contribution in [3.05, 3.63) is 0 Å². The van der Waals surface area contributed by atoms with Gasteiger partial charge in [-0.2, -0.15) is 0 Å². The molecule has 15 heavy (non-hydrogen) atoms. The Morgan fingerprint density at radius 1 is 1.60 bits per heavy atom. The standard InChI is InChI=1S/C11H22N2O2/c1-11(2,12)6-10(14)13-5-4-9(7-13)8-15-3/h9H,4-8,12H2,1-3H3. The molecule has 0 aromatic rings. The molecule has 4 nitrogen and oxygen atoms in total. The van der Waals surface area contributed by atoms with Crippen molar-refractivity contribution in [3.63, 3.8) is 0 Å². The first-order valence-corrected chi connectivity index (χ1v) is 5.48. The van der Waals surface area contributed by atoms with Gasteiger partial charge in [-0.25, -0.2) is 0 Å². The van der Waals surface area contributed by atoms with E-state index in [0.717, 1.165) is 26.1 Å². The largest absolute Gasteiger partial charge is 0.384 e. The van der Waals surface area contributed by atoms with Crippen LogP contribution in [0, 0.1) is 5.92 Å². The van der Waals surface area contributed by atoms with Gasteiger partial charge in [0.15, 0.2) is 0 Å². The van der Waals surface area contributed by atoms with Crippen LogP contribution in [0.5, 0.6) is 0 Å². The van der Waals surface area contributed by atoms with Gasteiger partial charge < -0.3 is 15.4 Å². The average Bonchev–Trinajstić information content (AvgIpc) is 2.50. The van der Waals surface area contributed by atoms with Gasteiger partial charge in [-0.3, -0.25) is 4.79 Å². The van der Waals surface area contributed by atoms with E-state index in [-0.39, 0.29) is 5.91 Å². The Labute approximate surface area is 91.8 Å². The lowest BCUT2D eigenvalue weighted by Crippen LogP contribution is -2.40. The van der Waals surface area contributed by atoms with Crippen molar-refractivity contribution in [1.29, 1.82) is 0 Å². The number of carbonyl (C=O) groups excluding carboxylic acids is 1. The third-order valence-electron chi connectivity index (χ3n) is 2.65. The molecule has 1 unspecified atom stereocenters. The quantitative estimate of drug-likeness (QED) is 0.746. The normalized spacial score (nSPS) is 22.1. The minimum atomic E-state index is -0.406. The van der Waals surface area contributed by atoms with E-state index in [1.54, 1.807) is 7.11 Å². The van der Waals surface area contributed by atoms with Crippen LogP contribution in [0.3, 0.4) is 0 Å². The van der Waals surface area contributed by atoms with Gasteiger partial charge in [0, 0.05) is 38.1 Å². The number of hydrogen-bond acceptors (Lipinski definition) is 3. The monoisotopic (exact) mass is 214 g/mol. The van der Waals surface area contributed by atoms with Crippen LogP contribution in [-0.2, 0) is 9.53 Å². The Balaban J connectivity index is 2.37. The zero-order chi connectivity index (χ0) is 11.5. The lowest BCUT2D eigenvalue weighted by Gasteiger charge is -2.23. The lowest BCUT2D eigenvalue weighted by molar-refractivity contribution is -0.131. The van der Waals surface area contributed by atoms with E-state index >= 15 is 0 Å². The summed E-state index contributed by atoms with van der Waals surface area (Å²) in [5.41, 5.74) is 5.42. The molecule has 88 valence electrons. The summed E-state index contributed by atoms with van der Waals surface area (Å²) in [6.07, 6.45) is 1.47. The van der Waals surface area contributed by atoms with Crippen LogP contribution in [-0.4, -0.2) is 43.2 Å². The first-order valence-electron chi connectivity index (χ1n) is 5.48. The fraction of sp³-hybridized carbons (Fsp3) is 0.909. The van der Waals surface area contributed by atoms with Crippen LogP contribution in [0.1, 0.15) is 26.7 Å². The SMILES string of the molecule is COCC1CCN(C(=O)CC(C)(C)N)C1.